The summed E-state index contributed by atoms with van der Waals surface area (Å²) in [4.78, 5) is 20.4. The molecule has 26 heavy (non-hydrogen) atoms. The van der Waals surface area contributed by atoms with Crippen molar-refractivity contribution in [2.45, 2.75) is 27.2 Å². The number of benzene rings is 1. The summed E-state index contributed by atoms with van der Waals surface area (Å²) in [6.07, 6.45) is 5.60. The van der Waals surface area contributed by atoms with Crippen molar-refractivity contribution in [2.75, 3.05) is 26.4 Å². The lowest BCUT2D eigenvalue weighted by atomic mass is 10.1. The van der Waals surface area contributed by atoms with E-state index in [1.165, 1.54) is 6.33 Å². The number of ether oxygens (including phenoxy) is 3. The molecule has 140 valence electrons. The fourth-order valence-corrected chi connectivity index (χ4v) is 2.40. The highest BCUT2D eigenvalue weighted by molar-refractivity contribution is 5.95. The monoisotopic (exact) mass is 359 g/mol. The molecule has 2 aromatic rings. The van der Waals surface area contributed by atoms with Gasteiger partial charge in [0, 0.05) is 24.5 Å². The van der Waals surface area contributed by atoms with E-state index in [4.69, 9.17) is 14.2 Å². The molecule has 1 aromatic carbocycles. The highest BCUT2D eigenvalue weighted by Crippen LogP contribution is 2.39. The van der Waals surface area contributed by atoms with Gasteiger partial charge < -0.3 is 19.5 Å². The number of hydrogen-bond donors (Lipinski definition) is 1. The Kier molecular flexibility index (Phi) is 7.67. The Labute approximate surface area is 153 Å². The van der Waals surface area contributed by atoms with Gasteiger partial charge in [-0.1, -0.05) is 0 Å². The quantitative estimate of drug-likeness (QED) is 0.702. The van der Waals surface area contributed by atoms with Crippen LogP contribution in [0.4, 0.5) is 0 Å². The first-order valence-electron chi connectivity index (χ1n) is 8.78. The third-order valence-corrected chi connectivity index (χ3v) is 3.48. The first-order valence-corrected chi connectivity index (χ1v) is 8.78. The van der Waals surface area contributed by atoms with Crippen molar-refractivity contribution in [1.29, 1.82) is 0 Å². The predicted octanol–water partition coefficient (Wildman–Crippen LogP) is 2.65. The molecule has 0 unspecified atom stereocenters. The summed E-state index contributed by atoms with van der Waals surface area (Å²) >= 11 is 0. The van der Waals surface area contributed by atoms with Crippen LogP contribution < -0.4 is 19.5 Å². The zero-order valence-electron chi connectivity index (χ0n) is 15.4. The second kappa shape index (κ2) is 10.2. The highest BCUT2D eigenvalue weighted by atomic mass is 16.5. The molecule has 0 saturated heterocycles. The zero-order valence-corrected chi connectivity index (χ0v) is 15.4. The second-order valence-corrected chi connectivity index (χ2v) is 5.35. The number of nitrogens with zero attached hydrogens (tertiary/aromatic N) is 2. The van der Waals surface area contributed by atoms with Crippen LogP contribution in [0.5, 0.6) is 17.2 Å². The molecule has 0 aliphatic rings. The fourth-order valence-electron chi connectivity index (χ4n) is 2.40. The van der Waals surface area contributed by atoms with Crippen molar-refractivity contribution in [3.05, 3.63) is 42.0 Å². The predicted molar refractivity (Wildman–Crippen MR) is 98.0 cm³/mol. The van der Waals surface area contributed by atoms with E-state index >= 15 is 0 Å². The molecule has 2 rings (SSSR count). The Hall–Kier alpha value is -2.83. The molecule has 1 N–H and O–H groups in total. The van der Waals surface area contributed by atoms with Gasteiger partial charge in [-0.15, -0.1) is 0 Å². The minimum atomic E-state index is -0.202. The van der Waals surface area contributed by atoms with Crippen LogP contribution in [0.2, 0.25) is 0 Å². The summed E-state index contributed by atoms with van der Waals surface area (Å²) in [5.74, 6) is 1.32. The number of carbonyl (C=O) groups is 1. The molecule has 1 amide bonds. The Morgan fingerprint density at radius 2 is 1.54 bits per heavy atom. The molecule has 7 heteroatoms. The normalized spacial score (nSPS) is 10.3. The van der Waals surface area contributed by atoms with Crippen LogP contribution in [-0.4, -0.2) is 42.2 Å². The van der Waals surface area contributed by atoms with Crippen LogP contribution in [0.15, 0.2) is 30.9 Å². The number of hydrogen-bond acceptors (Lipinski definition) is 6. The third kappa shape index (κ3) is 5.34. The fraction of sp³-hybridized carbons (Fsp3) is 0.421. The number of nitrogens with one attached hydrogen (secondary N) is 1. The third-order valence-electron chi connectivity index (χ3n) is 3.48. The molecular weight excluding hydrogens is 334 g/mol. The van der Waals surface area contributed by atoms with Gasteiger partial charge in [-0.25, -0.2) is 9.97 Å². The van der Waals surface area contributed by atoms with Crippen LogP contribution in [0.25, 0.3) is 0 Å². The van der Waals surface area contributed by atoms with E-state index in [1.54, 1.807) is 24.5 Å². The van der Waals surface area contributed by atoms with Gasteiger partial charge in [-0.2, -0.15) is 0 Å². The minimum Gasteiger partial charge on any atom is -0.490 e. The first-order chi connectivity index (χ1) is 12.7. The van der Waals surface area contributed by atoms with Crippen LogP contribution >= 0.6 is 0 Å². The van der Waals surface area contributed by atoms with E-state index in [2.05, 4.69) is 15.3 Å². The van der Waals surface area contributed by atoms with E-state index in [0.717, 1.165) is 5.56 Å². The lowest BCUT2D eigenvalue weighted by Crippen LogP contribution is -2.26. The molecule has 0 aliphatic carbocycles. The van der Waals surface area contributed by atoms with Crippen molar-refractivity contribution in [3.8, 4) is 17.2 Å². The van der Waals surface area contributed by atoms with E-state index in [0.29, 0.717) is 55.6 Å². The molecule has 0 spiro atoms. The van der Waals surface area contributed by atoms with Crippen molar-refractivity contribution in [3.63, 3.8) is 0 Å². The van der Waals surface area contributed by atoms with Gasteiger partial charge in [0.1, 0.15) is 6.33 Å². The molecule has 1 aromatic heterocycles. The summed E-state index contributed by atoms with van der Waals surface area (Å²) in [6.45, 7) is 7.53. The first kappa shape index (κ1) is 19.5. The van der Waals surface area contributed by atoms with Crippen molar-refractivity contribution in [2.24, 2.45) is 0 Å². The lowest BCUT2D eigenvalue weighted by Gasteiger charge is -2.17. The summed E-state index contributed by atoms with van der Waals surface area (Å²) in [5, 5.41) is 2.89. The second-order valence-electron chi connectivity index (χ2n) is 5.35. The Bertz CT molecular complexity index is 680. The van der Waals surface area contributed by atoms with Crippen molar-refractivity contribution >= 4 is 5.91 Å². The molecule has 0 bridgehead atoms. The number of carbonyl (C=O) groups excluding carboxylic acids is 1. The lowest BCUT2D eigenvalue weighted by molar-refractivity contribution is 0.0953. The largest absolute Gasteiger partial charge is 0.490 e. The molecule has 0 saturated carbocycles. The smallest absolute Gasteiger partial charge is 0.251 e. The van der Waals surface area contributed by atoms with Gasteiger partial charge in [0.2, 0.25) is 5.75 Å². The number of aromatic nitrogens is 2. The van der Waals surface area contributed by atoms with E-state index in [1.807, 2.05) is 20.8 Å². The van der Waals surface area contributed by atoms with Crippen LogP contribution in [-0.2, 0) is 6.42 Å². The maximum atomic E-state index is 12.5. The molecule has 0 fully saturated rings. The highest BCUT2D eigenvalue weighted by Gasteiger charge is 2.18. The number of rotatable bonds is 10. The average Bonchev–Trinajstić information content (AvgIpc) is 2.65. The maximum Gasteiger partial charge on any atom is 0.251 e. The topological polar surface area (TPSA) is 82.6 Å². The molecule has 0 radical (unpaired) electrons. The van der Waals surface area contributed by atoms with Gasteiger partial charge >= 0.3 is 0 Å². The molecule has 1 heterocycles. The maximum absolute atomic E-state index is 12.5. The van der Waals surface area contributed by atoms with E-state index in [9.17, 15) is 4.79 Å². The van der Waals surface area contributed by atoms with E-state index in [-0.39, 0.29) is 5.91 Å². The Morgan fingerprint density at radius 1 is 0.962 bits per heavy atom. The Morgan fingerprint density at radius 3 is 2.08 bits per heavy atom. The molecule has 0 atom stereocenters. The standard InChI is InChI=1S/C19H25N3O4/c1-4-24-16-9-15(10-17(25-5-2)18(16)26-6-3)19(23)22-8-7-14-11-20-13-21-12-14/h9-13H,4-8H2,1-3H3,(H,22,23). The molecule has 0 aliphatic heterocycles. The average molecular weight is 359 g/mol. The molecular formula is C19H25N3O4. The van der Waals surface area contributed by atoms with Crippen LogP contribution in [0.1, 0.15) is 36.7 Å². The summed E-state index contributed by atoms with van der Waals surface area (Å²) in [7, 11) is 0. The van der Waals surface area contributed by atoms with Gasteiger partial charge in [0.05, 0.1) is 19.8 Å². The number of amides is 1. The summed E-state index contributed by atoms with van der Waals surface area (Å²) in [5.41, 5.74) is 1.43. The van der Waals surface area contributed by atoms with Crippen LogP contribution in [0, 0.1) is 0 Å². The zero-order chi connectivity index (χ0) is 18.8. The Balaban J connectivity index is 2.14. The summed E-state index contributed by atoms with van der Waals surface area (Å²) in [6, 6.07) is 3.36. The minimum absolute atomic E-state index is 0.202. The van der Waals surface area contributed by atoms with Crippen LogP contribution in [0.3, 0.4) is 0 Å². The van der Waals surface area contributed by atoms with Gasteiger partial charge in [0.15, 0.2) is 11.5 Å². The SMILES string of the molecule is CCOc1cc(C(=O)NCCc2cncnc2)cc(OCC)c1OCC. The molecule has 7 nitrogen and oxygen atoms in total. The van der Waals surface area contributed by atoms with Gasteiger partial charge in [-0.05, 0) is 44.9 Å². The van der Waals surface area contributed by atoms with E-state index < -0.39 is 0 Å². The summed E-state index contributed by atoms with van der Waals surface area (Å²) < 4.78 is 16.9. The van der Waals surface area contributed by atoms with Crippen molar-refractivity contribution in [1.82, 2.24) is 15.3 Å². The van der Waals surface area contributed by atoms with Gasteiger partial charge in [-0.3, -0.25) is 4.79 Å². The van der Waals surface area contributed by atoms with Crippen molar-refractivity contribution < 1.29 is 19.0 Å². The van der Waals surface area contributed by atoms with Gasteiger partial charge in [0.25, 0.3) is 5.91 Å².